The Morgan fingerprint density at radius 2 is 1.75 bits per heavy atom. The molecule has 4 heteroatoms. The van der Waals surface area contributed by atoms with E-state index in [1.807, 2.05) is 60.0 Å². The molecule has 3 rings (SSSR count). The second-order valence-corrected chi connectivity index (χ2v) is 7.56. The number of carbonyl (C=O) groups is 2. The normalized spacial score (nSPS) is 14.7. The van der Waals surface area contributed by atoms with Gasteiger partial charge in [-0.3, -0.25) is 9.59 Å². The van der Waals surface area contributed by atoms with Gasteiger partial charge >= 0.3 is 0 Å². The van der Waals surface area contributed by atoms with Gasteiger partial charge in [-0.2, -0.15) is 0 Å². The van der Waals surface area contributed by atoms with Crippen molar-refractivity contribution in [2.45, 2.75) is 39.5 Å². The van der Waals surface area contributed by atoms with E-state index in [1.54, 1.807) is 0 Å². The van der Waals surface area contributed by atoms with Crippen LogP contribution in [0.3, 0.4) is 0 Å². The van der Waals surface area contributed by atoms with Crippen molar-refractivity contribution >= 4 is 17.5 Å². The Kier molecular flexibility index (Phi) is 6.85. The molecule has 1 saturated heterocycles. The van der Waals surface area contributed by atoms with Crippen molar-refractivity contribution in [3.63, 3.8) is 0 Å². The van der Waals surface area contributed by atoms with Gasteiger partial charge in [-0.15, -0.1) is 0 Å². The predicted octanol–water partition coefficient (Wildman–Crippen LogP) is 4.22. The number of rotatable bonds is 6. The van der Waals surface area contributed by atoms with Gasteiger partial charge in [0.2, 0.25) is 11.8 Å². The molecule has 148 valence electrons. The monoisotopic (exact) mass is 378 g/mol. The van der Waals surface area contributed by atoms with Crippen LogP contribution >= 0.6 is 0 Å². The molecule has 28 heavy (non-hydrogen) atoms. The van der Waals surface area contributed by atoms with E-state index in [4.69, 9.17) is 0 Å². The summed E-state index contributed by atoms with van der Waals surface area (Å²) < 4.78 is 0. The van der Waals surface area contributed by atoms with Crippen LogP contribution in [0, 0.1) is 12.8 Å². The Labute approximate surface area is 168 Å². The van der Waals surface area contributed by atoms with E-state index in [1.165, 1.54) is 5.56 Å². The lowest BCUT2D eigenvalue weighted by atomic mass is 9.94. The lowest BCUT2D eigenvalue weighted by molar-refractivity contribution is -0.134. The number of benzene rings is 2. The Morgan fingerprint density at radius 3 is 2.39 bits per heavy atom. The molecule has 0 aliphatic carbocycles. The Balaban J connectivity index is 1.52. The molecule has 1 aliphatic heterocycles. The van der Waals surface area contributed by atoms with Gasteiger partial charge in [-0.1, -0.05) is 42.5 Å². The fraction of sp³-hybridized carbons (Fsp3) is 0.417. The molecule has 4 nitrogen and oxygen atoms in total. The highest BCUT2D eigenvalue weighted by Gasteiger charge is 2.30. The summed E-state index contributed by atoms with van der Waals surface area (Å²) >= 11 is 0. The van der Waals surface area contributed by atoms with Gasteiger partial charge in [-0.05, 0) is 56.4 Å². The molecule has 2 aromatic carbocycles. The summed E-state index contributed by atoms with van der Waals surface area (Å²) in [6.45, 7) is 6.08. The summed E-state index contributed by atoms with van der Waals surface area (Å²) in [5.74, 6) is 0.379. The molecular weight excluding hydrogens is 348 g/mol. The van der Waals surface area contributed by atoms with Gasteiger partial charge in [-0.25, -0.2) is 0 Å². The van der Waals surface area contributed by atoms with Crippen molar-refractivity contribution < 1.29 is 9.59 Å². The topological polar surface area (TPSA) is 40.6 Å². The van der Waals surface area contributed by atoms with Crippen molar-refractivity contribution in [3.8, 4) is 0 Å². The highest BCUT2D eigenvalue weighted by atomic mass is 16.2. The molecule has 0 bridgehead atoms. The van der Waals surface area contributed by atoms with Crippen LogP contribution in [0.4, 0.5) is 5.69 Å². The molecule has 0 aromatic heterocycles. The van der Waals surface area contributed by atoms with E-state index in [2.05, 4.69) is 18.2 Å². The van der Waals surface area contributed by atoms with Crippen molar-refractivity contribution in [3.05, 3.63) is 65.7 Å². The third-order valence-corrected chi connectivity index (χ3v) is 5.56. The van der Waals surface area contributed by atoms with Gasteiger partial charge in [0.25, 0.3) is 0 Å². The molecule has 0 spiro atoms. The molecule has 0 atom stereocenters. The molecule has 0 saturated carbocycles. The average molecular weight is 379 g/mol. The van der Waals surface area contributed by atoms with Gasteiger partial charge in [0.1, 0.15) is 0 Å². The Hall–Kier alpha value is -2.62. The third kappa shape index (κ3) is 5.00. The average Bonchev–Trinajstić information content (AvgIpc) is 2.73. The minimum absolute atomic E-state index is 0.00126. The summed E-state index contributed by atoms with van der Waals surface area (Å²) in [6, 6.07) is 18.2. The summed E-state index contributed by atoms with van der Waals surface area (Å²) in [7, 11) is 0. The maximum Gasteiger partial charge on any atom is 0.230 e. The molecular formula is C24H30N2O2. The van der Waals surface area contributed by atoms with Crippen LogP contribution in [-0.4, -0.2) is 36.3 Å². The van der Waals surface area contributed by atoms with E-state index in [-0.39, 0.29) is 17.7 Å². The van der Waals surface area contributed by atoms with Crippen LogP contribution in [0.15, 0.2) is 54.6 Å². The van der Waals surface area contributed by atoms with Crippen LogP contribution in [0.1, 0.15) is 37.3 Å². The number of aryl methyl sites for hydroxylation is 2. The van der Waals surface area contributed by atoms with Crippen LogP contribution < -0.4 is 4.90 Å². The maximum atomic E-state index is 13.1. The molecule has 2 amide bonds. The summed E-state index contributed by atoms with van der Waals surface area (Å²) in [5.41, 5.74) is 3.31. The quantitative estimate of drug-likeness (QED) is 0.755. The number of piperidine rings is 1. The summed E-state index contributed by atoms with van der Waals surface area (Å²) in [5, 5.41) is 0. The van der Waals surface area contributed by atoms with Crippen molar-refractivity contribution in [2.24, 2.45) is 5.92 Å². The largest absolute Gasteiger partial charge is 0.343 e. The second-order valence-electron chi connectivity index (χ2n) is 7.56. The number of carbonyl (C=O) groups excluding carboxylic acids is 2. The van der Waals surface area contributed by atoms with E-state index in [9.17, 15) is 9.59 Å². The maximum absolute atomic E-state index is 13.1. The van der Waals surface area contributed by atoms with Crippen molar-refractivity contribution in [2.75, 3.05) is 24.5 Å². The van der Waals surface area contributed by atoms with Crippen LogP contribution in [-0.2, 0) is 16.0 Å². The van der Waals surface area contributed by atoms with Gasteiger partial charge in [0.05, 0.1) is 0 Å². The van der Waals surface area contributed by atoms with E-state index in [0.29, 0.717) is 26.1 Å². The lowest BCUT2D eigenvalue weighted by Crippen LogP contribution is -2.44. The first kappa shape index (κ1) is 20.1. The number of hydrogen-bond acceptors (Lipinski definition) is 2. The zero-order chi connectivity index (χ0) is 19.9. The third-order valence-electron chi connectivity index (χ3n) is 5.56. The molecule has 0 unspecified atom stereocenters. The Morgan fingerprint density at radius 1 is 1.04 bits per heavy atom. The fourth-order valence-electron chi connectivity index (χ4n) is 3.91. The van der Waals surface area contributed by atoms with Gasteiger partial charge in [0.15, 0.2) is 0 Å². The highest BCUT2D eigenvalue weighted by Crippen LogP contribution is 2.24. The molecule has 1 aliphatic rings. The van der Waals surface area contributed by atoms with E-state index < -0.39 is 0 Å². The van der Waals surface area contributed by atoms with E-state index in [0.717, 1.165) is 30.5 Å². The van der Waals surface area contributed by atoms with Gasteiger partial charge < -0.3 is 9.80 Å². The zero-order valence-electron chi connectivity index (χ0n) is 16.9. The van der Waals surface area contributed by atoms with Crippen LogP contribution in [0.2, 0.25) is 0 Å². The number of amides is 2. The smallest absolute Gasteiger partial charge is 0.230 e. The van der Waals surface area contributed by atoms with Gasteiger partial charge in [0, 0.05) is 37.7 Å². The lowest BCUT2D eigenvalue weighted by Gasteiger charge is -2.34. The number of hydrogen-bond donors (Lipinski definition) is 0. The number of nitrogens with zero attached hydrogens (tertiary/aromatic N) is 2. The highest BCUT2D eigenvalue weighted by molar-refractivity contribution is 5.95. The van der Waals surface area contributed by atoms with Crippen LogP contribution in [0.5, 0.6) is 0 Å². The standard InChI is InChI=1S/C24H30N2O2/c1-3-26(22-11-7-8-19(2)18-22)24(28)21-14-16-25(17-15-21)23(27)13-12-20-9-5-4-6-10-20/h4-11,18,21H,3,12-17H2,1-2H3. The van der Waals surface area contributed by atoms with Crippen LogP contribution in [0.25, 0.3) is 0 Å². The Bertz CT molecular complexity index is 795. The first-order valence-electron chi connectivity index (χ1n) is 10.3. The molecule has 0 N–H and O–H groups in total. The number of anilines is 1. The molecule has 0 radical (unpaired) electrons. The predicted molar refractivity (Wildman–Crippen MR) is 113 cm³/mol. The molecule has 1 fully saturated rings. The summed E-state index contributed by atoms with van der Waals surface area (Å²) in [6.07, 6.45) is 2.80. The fourth-order valence-corrected chi connectivity index (χ4v) is 3.91. The first-order valence-corrected chi connectivity index (χ1v) is 10.3. The first-order chi connectivity index (χ1) is 13.6. The summed E-state index contributed by atoms with van der Waals surface area (Å²) in [4.78, 5) is 29.4. The molecule has 2 aromatic rings. The molecule has 1 heterocycles. The van der Waals surface area contributed by atoms with Crippen molar-refractivity contribution in [1.82, 2.24) is 4.90 Å². The zero-order valence-corrected chi connectivity index (χ0v) is 16.9. The minimum atomic E-state index is -0.00126. The minimum Gasteiger partial charge on any atom is -0.343 e. The SMILES string of the molecule is CCN(C(=O)C1CCN(C(=O)CCc2ccccc2)CC1)c1cccc(C)c1. The second kappa shape index (κ2) is 9.54. The van der Waals surface area contributed by atoms with Crippen molar-refractivity contribution in [1.29, 1.82) is 0 Å². The van der Waals surface area contributed by atoms with E-state index >= 15 is 0 Å². The number of likely N-dealkylation sites (tertiary alicyclic amines) is 1.